The summed E-state index contributed by atoms with van der Waals surface area (Å²) in [4.78, 5) is 30.8. The molecule has 8 aliphatic rings. The summed E-state index contributed by atoms with van der Waals surface area (Å²) in [6.45, 7) is 16.8. The molecule has 4 saturated heterocycles. The maximum atomic E-state index is 13.2. The molecule has 1 spiro atoms. The molecule has 0 bridgehead atoms. The van der Waals surface area contributed by atoms with Crippen molar-refractivity contribution in [3.8, 4) is 0 Å². The first kappa shape index (κ1) is 33.0. The zero-order chi connectivity index (χ0) is 32.6. The molecule has 0 aromatic heterocycles. The Labute approximate surface area is 284 Å². The number of nitrogens with one attached hydrogen (secondary N) is 2. The van der Waals surface area contributed by atoms with Crippen LogP contribution in [0.1, 0.15) is 111 Å². The number of carbonyl (C=O) groups excluding carboxylic acids is 2. The van der Waals surface area contributed by atoms with Crippen molar-refractivity contribution >= 4 is 11.8 Å². The molecule has 0 aromatic rings. The summed E-state index contributed by atoms with van der Waals surface area (Å²) in [7, 11) is 0. The van der Waals surface area contributed by atoms with Gasteiger partial charge in [0.2, 0.25) is 11.8 Å². The summed E-state index contributed by atoms with van der Waals surface area (Å²) in [5.74, 6) is 4.41. The van der Waals surface area contributed by atoms with Gasteiger partial charge in [0.25, 0.3) is 0 Å². The Morgan fingerprint density at radius 3 is 2.36 bits per heavy atom. The van der Waals surface area contributed by atoms with Gasteiger partial charge in [0.15, 0.2) is 5.79 Å². The number of rotatable bonds is 4. The number of likely N-dealkylation sites (tertiary alicyclic amines) is 1. The van der Waals surface area contributed by atoms with Crippen LogP contribution in [0.5, 0.6) is 0 Å². The van der Waals surface area contributed by atoms with E-state index in [0.717, 1.165) is 95.7 Å². The smallest absolute Gasteiger partial charge is 0.232 e. The highest BCUT2D eigenvalue weighted by molar-refractivity contribution is 5.97. The fraction of sp³-hybridized carbons (Fsp3) is 0.949. The largest absolute Gasteiger partial charge is 0.353 e. The average Bonchev–Trinajstić information content (AvgIpc) is 3.52. The Balaban J connectivity index is 0.841. The fourth-order valence-electron chi connectivity index (χ4n) is 13.5. The highest BCUT2D eigenvalue weighted by atomic mass is 16.7. The second-order valence-corrected chi connectivity index (χ2v) is 18.3. The molecule has 2 unspecified atom stereocenters. The number of piperidine rings is 1. The number of hydrogen-bond acceptors (Lipinski definition) is 6. The minimum atomic E-state index is -0.328. The lowest BCUT2D eigenvalue weighted by atomic mass is 9.44. The number of carbonyl (C=O) groups is 2. The van der Waals surface area contributed by atoms with Gasteiger partial charge in [-0.15, -0.1) is 0 Å². The lowest BCUT2D eigenvalue weighted by Gasteiger charge is -2.61. The molecule has 2 amide bonds. The van der Waals surface area contributed by atoms with E-state index >= 15 is 0 Å². The zero-order valence-electron chi connectivity index (χ0n) is 29.9. The number of ether oxygens (including phenoxy) is 2. The highest BCUT2D eigenvalue weighted by Gasteiger charge is 2.69. The van der Waals surface area contributed by atoms with Crippen LogP contribution in [-0.4, -0.2) is 91.5 Å². The number of piperazine rings is 1. The first-order valence-corrected chi connectivity index (χ1v) is 19.9. The van der Waals surface area contributed by atoms with E-state index in [1.807, 2.05) is 4.90 Å². The maximum Gasteiger partial charge on any atom is 0.232 e. The van der Waals surface area contributed by atoms with Gasteiger partial charge in [0, 0.05) is 63.7 Å². The Hall–Kier alpha value is -1.22. The summed E-state index contributed by atoms with van der Waals surface area (Å²) in [6, 6.07) is 0.795. The van der Waals surface area contributed by atoms with Crippen LogP contribution in [0, 0.1) is 52.3 Å². The van der Waals surface area contributed by atoms with Crippen molar-refractivity contribution < 1.29 is 19.1 Å². The minimum Gasteiger partial charge on any atom is -0.353 e. The zero-order valence-corrected chi connectivity index (χ0v) is 29.9. The van der Waals surface area contributed by atoms with E-state index in [-0.39, 0.29) is 30.1 Å². The number of fused-ring (bicyclic) bond motifs is 7. The molecular formula is C39H64N4O4. The van der Waals surface area contributed by atoms with E-state index in [9.17, 15) is 9.59 Å². The predicted molar refractivity (Wildman–Crippen MR) is 182 cm³/mol. The van der Waals surface area contributed by atoms with Crippen molar-refractivity contribution in [2.45, 2.75) is 135 Å². The normalized spacial score (nSPS) is 48.8. The van der Waals surface area contributed by atoms with Crippen molar-refractivity contribution in [3.63, 3.8) is 0 Å². The SMILES string of the molecule is C[C@H]1CC[C@@]2(OC1)O[C@H]1C[C@H]3[C@@H]4CC[C@@H]5CC(NC(=O)CC(=O)N6CCC(N7CCNCC7)CC6)CC[C@]5(C)C4CC[C@]3(C)[C@H]1[C@@H]2C. The highest BCUT2D eigenvalue weighted by Crippen LogP contribution is 2.71. The van der Waals surface area contributed by atoms with Gasteiger partial charge in [0.1, 0.15) is 6.42 Å². The van der Waals surface area contributed by atoms with E-state index < -0.39 is 0 Å². The van der Waals surface area contributed by atoms with Crippen LogP contribution in [0.25, 0.3) is 0 Å². The molecule has 8 fully saturated rings. The van der Waals surface area contributed by atoms with Crippen LogP contribution in [-0.2, 0) is 19.1 Å². The van der Waals surface area contributed by atoms with Crippen LogP contribution >= 0.6 is 0 Å². The predicted octanol–water partition coefficient (Wildman–Crippen LogP) is 5.20. The van der Waals surface area contributed by atoms with Gasteiger partial charge in [-0.25, -0.2) is 0 Å². The molecule has 4 heterocycles. The lowest BCUT2D eigenvalue weighted by molar-refractivity contribution is -0.273. The van der Waals surface area contributed by atoms with Crippen molar-refractivity contribution in [3.05, 3.63) is 0 Å². The molecule has 4 aliphatic heterocycles. The molecule has 4 aliphatic carbocycles. The van der Waals surface area contributed by atoms with Gasteiger partial charge in [-0.1, -0.05) is 27.7 Å². The van der Waals surface area contributed by atoms with E-state index in [1.54, 1.807) is 0 Å². The maximum absolute atomic E-state index is 13.2. The van der Waals surface area contributed by atoms with Gasteiger partial charge in [-0.3, -0.25) is 14.5 Å². The standard InChI is InChI=1S/C39H64N4O4/c1-25-7-14-39(46-24-25)26(2)36-33(47-39)22-32-30-6-5-27-21-28(8-12-37(27,3)31(30)9-13-38(32,36)4)41-34(44)23-35(45)43-17-10-29(11-18-43)42-19-15-40-16-20-42/h25-33,36,40H,5-24H2,1-4H3,(H,41,44)/t25-,26-,27+,28?,30+,31?,32-,33-,36-,37-,38-,39+/m0/s1. The molecule has 8 nitrogen and oxygen atoms in total. The summed E-state index contributed by atoms with van der Waals surface area (Å²) >= 11 is 0. The van der Waals surface area contributed by atoms with Crippen molar-refractivity contribution in [2.24, 2.45) is 52.3 Å². The first-order chi connectivity index (χ1) is 22.6. The van der Waals surface area contributed by atoms with Crippen LogP contribution in [0.15, 0.2) is 0 Å². The quantitative estimate of drug-likeness (QED) is 0.407. The molecular weight excluding hydrogens is 588 g/mol. The van der Waals surface area contributed by atoms with Crippen LogP contribution in [0.4, 0.5) is 0 Å². The third-order valence-corrected chi connectivity index (χ3v) is 16.1. The minimum absolute atomic E-state index is 0.00980. The average molecular weight is 653 g/mol. The van der Waals surface area contributed by atoms with E-state index in [2.05, 4.69) is 43.2 Å². The van der Waals surface area contributed by atoms with Gasteiger partial charge >= 0.3 is 0 Å². The summed E-state index contributed by atoms with van der Waals surface area (Å²) < 4.78 is 13.5. The van der Waals surface area contributed by atoms with Crippen molar-refractivity contribution in [1.82, 2.24) is 20.4 Å². The number of hydrogen-bond donors (Lipinski definition) is 2. The van der Waals surface area contributed by atoms with E-state index in [1.165, 1.54) is 44.9 Å². The second-order valence-electron chi connectivity index (χ2n) is 18.3. The van der Waals surface area contributed by atoms with Gasteiger partial charge in [0.05, 0.1) is 12.7 Å². The number of nitrogens with zero attached hydrogens (tertiary/aromatic N) is 2. The van der Waals surface area contributed by atoms with Crippen molar-refractivity contribution in [2.75, 3.05) is 45.9 Å². The molecule has 4 saturated carbocycles. The Kier molecular flexibility index (Phi) is 8.78. The van der Waals surface area contributed by atoms with Gasteiger partial charge in [-0.2, -0.15) is 0 Å². The Morgan fingerprint density at radius 1 is 0.851 bits per heavy atom. The van der Waals surface area contributed by atoms with Crippen LogP contribution in [0.2, 0.25) is 0 Å². The third kappa shape index (κ3) is 5.62. The van der Waals surface area contributed by atoms with Gasteiger partial charge in [-0.05, 0) is 117 Å². The fourth-order valence-corrected chi connectivity index (χ4v) is 13.5. The summed E-state index contributed by atoms with van der Waals surface area (Å²) in [5.41, 5.74) is 0.729. The molecule has 12 atom stereocenters. The Bertz CT molecular complexity index is 1180. The van der Waals surface area contributed by atoms with Crippen LogP contribution < -0.4 is 10.6 Å². The van der Waals surface area contributed by atoms with E-state index in [4.69, 9.17) is 9.47 Å². The summed E-state index contributed by atoms with van der Waals surface area (Å²) in [5, 5.41) is 6.78. The van der Waals surface area contributed by atoms with Crippen LogP contribution in [0.3, 0.4) is 0 Å². The monoisotopic (exact) mass is 652 g/mol. The Morgan fingerprint density at radius 2 is 1.62 bits per heavy atom. The molecule has 0 aromatic carbocycles. The topological polar surface area (TPSA) is 83.1 Å². The third-order valence-electron chi connectivity index (χ3n) is 16.1. The van der Waals surface area contributed by atoms with Gasteiger partial charge < -0.3 is 25.0 Å². The molecule has 0 radical (unpaired) electrons. The molecule has 264 valence electrons. The lowest BCUT2D eigenvalue weighted by Crippen LogP contribution is -2.56. The molecule has 8 heteroatoms. The van der Waals surface area contributed by atoms with Crippen molar-refractivity contribution in [1.29, 1.82) is 0 Å². The second kappa shape index (κ2) is 12.5. The summed E-state index contributed by atoms with van der Waals surface area (Å²) in [6.07, 6.45) is 14.6. The molecule has 2 N–H and O–H groups in total. The molecule has 47 heavy (non-hydrogen) atoms. The van der Waals surface area contributed by atoms with E-state index in [0.29, 0.717) is 46.6 Å². The molecule has 8 rings (SSSR count). The first-order valence-electron chi connectivity index (χ1n) is 19.9. The number of amides is 2.